The van der Waals surface area contributed by atoms with Crippen molar-refractivity contribution in [1.82, 2.24) is 4.98 Å². The van der Waals surface area contributed by atoms with E-state index in [1.807, 2.05) is 6.92 Å². The molecule has 0 aliphatic carbocycles. The molecule has 0 amide bonds. The number of ether oxygens (including phenoxy) is 1. The predicted octanol–water partition coefficient (Wildman–Crippen LogP) is 2.47. The minimum Gasteiger partial charge on any atom is -0.461 e. The fraction of sp³-hybridized carbons (Fsp3) is 0.250. The maximum atomic E-state index is 12.1. The van der Waals surface area contributed by atoms with Crippen LogP contribution >= 0.6 is 0 Å². The molecular formula is C16H17NO5S. The van der Waals surface area contributed by atoms with Crippen LogP contribution in [0.2, 0.25) is 0 Å². The van der Waals surface area contributed by atoms with Crippen molar-refractivity contribution >= 4 is 16.1 Å². The summed E-state index contributed by atoms with van der Waals surface area (Å²) in [5.74, 6) is -0.559. The molecule has 0 saturated carbocycles. The van der Waals surface area contributed by atoms with Crippen molar-refractivity contribution in [2.24, 2.45) is 0 Å². The maximum Gasteiger partial charge on any atom is 0.356 e. The molecule has 1 aromatic carbocycles. The van der Waals surface area contributed by atoms with Crippen LogP contribution in [0.25, 0.3) is 0 Å². The Morgan fingerprint density at radius 1 is 1.13 bits per heavy atom. The van der Waals surface area contributed by atoms with Gasteiger partial charge in [0.05, 0.1) is 17.2 Å². The summed E-state index contributed by atoms with van der Waals surface area (Å²) >= 11 is 0. The van der Waals surface area contributed by atoms with Crippen LogP contribution in [0.4, 0.5) is 0 Å². The monoisotopic (exact) mass is 335 g/mol. The number of esters is 1. The highest BCUT2D eigenvalue weighted by Gasteiger charge is 2.16. The zero-order chi connectivity index (χ0) is 16.9. The second-order valence-corrected chi connectivity index (χ2v) is 6.38. The first-order valence-corrected chi connectivity index (χ1v) is 8.42. The molecule has 0 bridgehead atoms. The van der Waals surface area contributed by atoms with E-state index in [2.05, 4.69) is 4.98 Å². The van der Waals surface area contributed by atoms with E-state index in [1.54, 1.807) is 31.2 Å². The summed E-state index contributed by atoms with van der Waals surface area (Å²) in [6.45, 7) is 3.54. The SMILES string of the molecule is CCOC(=O)c1cccc(COS(=O)(=O)c2ccc(C)cc2)n1. The summed E-state index contributed by atoms with van der Waals surface area (Å²) in [5.41, 5.74) is 1.39. The first kappa shape index (κ1) is 17.1. The van der Waals surface area contributed by atoms with Crippen LogP contribution in [0.15, 0.2) is 47.4 Å². The normalized spacial score (nSPS) is 11.2. The molecule has 2 rings (SSSR count). The molecule has 6 nitrogen and oxygen atoms in total. The lowest BCUT2D eigenvalue weighted by molar-refractivity contribution is 0.0519. The van der Waals surface area contributed by atoms with Crippen LogP contribution < -0.4 is 0 Å². The van der Waals surface area contributed by atoms with Crippen molar-refractivity contribution in [1.29, 1.82) is 0 Å². The first-order chi connectivity index (χ1) is 10.9. The average molecular weight is 335 g/mol. The summed E-state index contributed by atoms with van der Waals surface area (Å²) in [7, 11) is -3.87. The van der Waals surface area contributed by atoms with E-state index < -0.39 is 16.1 Å². The topological polar surface area (TPSA) is 82.6 Å². The van der Waals surface area contributed by atoms with Crippen molar-refractivity contribution in [3.05, 3.63) is 59.4 Å². The molecule has 0 saturated heterocycles. The second kappa shape index (κ2) is 7.34. The molecule has 23 heavy (non-hydrogen) atoms. The Balaban J connectivity index is 2.09. The van der Waals surface area contributed by atoms with Gasteiger partial charge in [-0.2, -0.15) is 8.42 Å². The fourth-order valence-corrected chi connectivity index (χ4v) is 2.67. The van der Waals surface area contributed by atoms with Gasteiger partial charge in [0.2, 0.25) is 0 Å². The van der Waals surface area contributed by atoms with Gasteiger partial charge in [0.15, 0.2) is 0 Å². The average Bonchev–Trinajstić information content (AvgIpc) is 2.54. The van der Waals surface area contributed by atoms with Gasteiger partial charge >= 0.3 is 5.97 Å². The van der Waals surface area contributed by atoms with E-state index in [4.69, 9.17) is 8.92 Å². The smallest absolute Gasteiger partial charge is 0.356 e. The number of rotatable bonds is 6. The van der Waals surface area contributed by atoms with Crippen LogP contribution in [0, 0.1) is 6.92 Å². The Kier molecular flexibility index (Phi) is 5.46. The molecule has 0 aliphatic heterocycles. The van der Waals surface area contributed by atoms with Crippen molar-refractivity contribution in [2.75, 3.05) is 6.61 Å². The standard InChI is InChI=1S/C16H17NO5S/c1-3-21-16(18)15-6-4-5-13(17-15)11-22-23(19,20)14-9-7-12(2)8-10-14/h4-10H,3,11H2,1-2H3. The summed E-state index contributed by atoms with van der Waals surface area (Å²) < 4.78 is 34.0. The van der Waals surface area contributed by atoms with Crippen LogP contribution in [0.5, 0.6) is 0 Å². The van der Waals surface area contributed by atoms with Gasteiger partial charge in [-0.3, -0.25) is 4.18 Å². The summed E-state index contributed by atoms with van der Waals surface area (Å²) in [4.78, 5) is 15.7. The highest BCUT2D eigenvalue weighted by Crippen LogP contribution is 2.15. The van der Waals surface area contributed by atoms with Gasteiger partial charge in [0.1, 0.15) is 12.3 Å². The zero-order valence-corrected chi connectivity index (χ0v) is 13.7. The van der Waals surface area contributed by atoms with Crippen molar-refractivity contribution < 1.29 is 22.1 Å². The third-order valence-electron chi connectivity index (χ3n) is 2.96. The number of nitrogens with zero attached hydrogens (tertiary/aromatic N) is 1. The molecule has 0 unspecified atom stereocenters. The van der Waals surface area contributed by atoms with E-state index in [-0.39, 0.29) is 23.8 Å². The lowest BCUT2D eigenvalue weighted by Gasteiger charge is -2.07. The van der Waals surface area contributed by atoms with E-state index in [0.29, 0.717) is 5.69 Å². The largest absolute Gasteiger partial charge is 0.461 e. The minimum absolute atomic E-state index is 0.0737. The predicted molar refractivity (Wildman–Crippen MR) is 83.3 cm³/mol. The number of hydrogen-bond donors (Lipinski definition) is 0. The third kappa shape index (κ3) is 4.61. The van der Waals surface area contributed by atoms with E-state index >= 15 is 0 Å². The molecule has 2 aromatic rings. The van der Waals surface area contributed by atoms with E-state index in [1.165, 1.54) is 18.2 Å². The Labute approximate surface area is 135 Å². The maximum absolute atomic E-state index is 12.1. The molecular weight excluding hydrogens is 318 g/mol. The van der Waals surface area contributed by atoms with Crippen molar-refractivity contribution in [2.45, 2.75) is 25.3 Å². The molecule has 0 N–H and O–H groups in total. The van der Waals surface area contributed by atoms with Gasteiger partial charge in [0, 0.05) is 0 Å². The van der Waals surface area contributed by atoms with Crippen LogP contribution in [0.3, 0.4) is 0 Å². The van der Waals surface area contributed by atoms with Crippen LogP contribution in [0.1, 0.15) is 28.7 Å². The van der Waals surface area contributed by atoms with Gasteiger partial charge in [-0.1, -0.05) is 23.8 Å². The molecule has 0 fully saturated rings. The zero-order valence-electron chi connectivity index (χ0n) is 12.9. The Morgan fingerprint density at radius 3 is 2.48 bits per heavy atom. The molecule has 0 radical (unpaired) electrons. The second-order valence-electron chi connectivity index (χ2n) is 4.76. The highest BCUT2D eigenvalue weighted by molar-refractivity contribution is 7.86. The van der Waals surface area contributed by atoms with Crippen molar-refractivity contribution in [3.8, 4) is 0 Å². The first-order valence-electron chi connectivity index (χ1n) is 7.01. The Hall–Kier alpha value is -2.25. The number of carbonyl (C=O) groups is 1. The van der Waals surface area contributed by atoms with Gasteiger partial charge in [-0.25, -0.2) is 9.78 Å². The molecule has 0 aliphatic rings. The summed E-state index contributed by atoms with van der Waals surface area (Å²) in [6.07, 6.45) is 0. The third-order valence-corrected chi connectivity index (χ3v) is 4.24. The summed E-state index contributed by atoms with van der Waals surface area (Å²) in [5, 5.41) is 0. The molecule has 0 atom stereocenters. The minimum atomic E-state index is -3.87. The number of pyridine rings is 1. The molecule has 1 heterocycles. The number of aromatic nitrogens is 1. The van der Waals surface area contributed by atoms with Crippen molar-refractivity contribution in [3.63, 3.8) is 0 Å². The number of benzene rings is 1. The van der Waals surface area contributed by atoms with Gasteiger partial charge in [-0.05, 0) is 38.1 Å². The molecule has 0 spiro atoms. The fourth-order valence-electron chi connectivity index (χ4n) is 1.79. The van der Waals surface area contributed by atoms with Gasteiger partial charge < -0.3 is 4.74 Å². The van der Waals surface area contributed by atoms with Gasteiger partial charge in [-0.15, -0.1) is 0 Å². The van der Waals surface area contributed by atoms with Crippen LogP contribution in [-0.4, -0.2) is 26.0 Å². The summed E-state index contributed by atoms with van der Waals surface area (Å²) in [6, 6.07) is 11.0. The van der Waals surface area contributed by atoms with Crippen LogP contribution in [-0.2, 0) is 25.6 Å². The molecule has 1 aromatic heterocycles. The Bertz CT molecular complexity index is 784. The number of aryl methyl sites for hydroxylation is 1. The van der Waals surface area contributed by atoms with Gasteiger partial charge in [0.25, 0.3) is 10.1 Å². The molecule has 122 valence electrons. The number of hydrogen-bond acceptors (Lipinski definition) is 6. The highest BCUT2D eigenvalue weighted by atomic mass is 32.2. The quantitative estimate of drug-likeness (QED) is 0.596. The number of carbonyl (C=O) groups excluding carboxylic acids is 1. The van der Waals surface area contributed by atoms with E-state index in [9.17, 15) is 13.2 Å². The lowest BCUT2D eigenvalue weighted by Crippen LogP contribution is -2.11. The molecule has 7 heteroatoms. The van der Waals surface area contributed by atoms with E-state index in [0.717, 1.165) is 5.56 Å². The Morgan fingerprint density at radius 2 is 1.83 bits per heavy atom. The lowest BCUT2D eigenvalue weighted by atomic mass is 10.2.